The summed E-state index contributed by atoms with van der Waals surface area (Å²) in [6, 6.07) is 6.62. The lowest BCUT2D eigenvalue weighted by Gasteiger charge is -2.34. The largest absolute Gasteiger partial charge is 0.453 e. The average Bonchev–Trinajstić information content (AvgIpc) is 2.72. The number of piperazine rings is 1. The van der Waals surface area contributed by atoms with Crippen molar-refractivity contribution in [2.75, 3.05) is 33.3 Å². The highest BCUT2D eigenvalue weighted by Gasteiger charge is 2.34. The molecule has 1 heterocycles. The number of nitrogens with one attached hydrogen (secondary N) is 2. The molecule has 1 fully saturated rings. The molecule has 2 atom stereocenters. The topological polar surface area (TPSA) is 97.2 Å². The van der Waals surface area contributed by atoms with E-state index in [4.69, 9.17) is 0 Å². The highest BCUT2D eigenvalue weighted by atomic mass is 32.2. The first-order valence-electron chi connectivity index (χ1n) is 9.54. The summed E-state index contributed by atoms with van der Waals surface area (Å²) in [5.74, 6) is -0.0414. The minimum absolute atomic E-state index is 0.291. The number of methoxy groups -OCH3 is 1. The minimum Gasteiger partial charge on any atom is -0.453 e. The van der Waals surface area contributed by atoms with Crippen LogP contribution in [0.2, 0.25) is 0 Å². The predicted molar refractivity (Wildman–Crippen MR) is 105 cm³/mol. The van der Waals surface area contributed by atoms with Gasteiger partial charge in [-0.15, -0.1) is 0 Å². The summed E-state index contributed by atoms with van der Waals surface area (Å²) in [6.07, 6.45) is 0.205. The number of imide groups is 1. The van der Waals surface area contributed by atoms with Crippen LogP contribution in [-0.2, 0) is 19.6 Å². The van der Waals surface area contributed by atoms with Crippen LogP contribution in [0.5, 0.6) is 0 Å². The molecule has 0 bridgehead atoms. The number of hydrogen-bond acceptors (Lipinski definition) is 5. The Bertz CT molecular complexity index is 786. The number of carbonyl (C=O) groups excluding carboxylic acids is 2. The van der Waals surface area contributed by atoms with Crippen molar-refractivity contribution in [1.29, 1.82) is 0 Å². The highest BCUT2D eigenvalue weighted by Crippen LogP contribution is 2.22. The van der Waals surface area contributed by atoms with E-state index in [2.05, 4.69) is 23.9 Å². The number of quaternary nitrogens is 1. The van der Waals surface area contributed by atoms with E-state index in [0.29, 0.717) is 37.0 Å². The van der Waals surface area contributed by atoms with Crippen molar-refractivity contribution >= 4 is 22.0 Å². The molecule has 0 aromatic heterocycles. The molecule has 0 unspecified atom stereocenters. The molecule has 9 heteroatoms. The number of hydrogen-bond donors (Lipinski definition) is 2. The molecule has 28 heavy (non-hydrogen) atoms. The fourth-order valence-electron chi connectivity index (χ4n) is 3.25. The van der Waals surface area contributed by atoms with E-state index in [1.54, 1.807) is 19.1 Å². The molecule has 0 spiro atoms. The Labute approximate surface area is 166 Å². The summed E-state index contributed by atoms with van der Waals surface area (Å²) in [5.41, 5.74) is 1.13. The van der Waals surface area contributed by atoms with Gasteiger partial charge in [0.15, 0.2) is 6.04 Å². The summed E-state index contributed by atoms with van der Waals surface area (Å²) in [4.78, 5) is 24.5. The molecule has 2 N–H and O–H groups in total. The van der Waals surface area contributed by atoms with Crippen LogP contribution in [0.25, 0.3) is 0 Å². The molecule has 1 saturated heterocycles. The standard InChI is InChI=1S/C19H29N3O5S/c1-5-14(2)16-6-8-17(9-7-16)28(25,26)22-12-10-21(11-13-22)15(3)18(23)20-19(24)27-4/h6-9,14-15H,5,10-13H2,1-4H3,(H,20,23,24)/p+1/t14-,15-/m1/s1. The maximum atomic E-state index is 12.9. The number of ether oxygens (including phenoxy) is 1. The Hall–Kier alpha value is -1.97. The van der Waals surface area contributed by atoms with Gasteiger partial charge in [0.25, 0.3) is 5.91 Å². The fraction of sp³-hybridized carbons (Fsp3) is 0.579. The molecular formula is C19H30N3O5S+. The van der Waals surface area contributed by atoms with Gasteiger partial charge < -0.3 is 9.64 Å². The van der Waals surface area contributed by atoms with Gasteiger partial charge >= 0.3 is 6.09 Å². The van der Waals surface area contributed by atoms with Crippen LogP contribution in [0.15, 0.2) is 29.2 Å². The SMILES string of the molecule is CC[C@@H](C)c1ccc(S(=O)(=O)N2CC[NH+]([C@H](C)C(=O)NC(=O)OC)CC2)cc1. The maximum Gasteiger partial charge on any atom is 0.413 e. The van der Waals surface area contributed by atoms with Crippen LogP contribution < -0.4 is 10.2 Å². The van der Waals surface area contributed by atoms with E-state index in [9.17, 15) is 18.0 Å². The van der Waals surface area contributed by atoms with Gasteiger partial charge in [0.2, 0.25) is 10.0 Å². The Balaban J connectivity index is 1.99. The van der Waals surface area contributed by atoms with Crippen LogP contribution in [-0.4, -0.2) is 64.1 Å². The molecule has 0 aliphatic carbocycles. The second-order valence-electron chi connectivity index (χ2n) is 7.14. The van der Waals surface area contributed by atoms with Crippen molar-refractivity contribution in [3.63, 3.8) is 0 Å². The third-order valence-corrected chi connectivity index (χ3v) is 7.39. The molecule has 0 radical (unpaired) electrons. The lowest BCUT2D eigenvalue weighted by molar-refractivity contribution is -0.917. The van der Waals surface area contributed by atoms with Crippen LogP contribution in [0, 0.1) is 0 Å². The van der Waals surface area contributed by atoms with Crippen molar-refractivity contribution in [3.8, 4) is 0 Å². The molecule has 156 valence electrons. The molecule has 1 aromatic rings. The smallest absolute Gasteiger partial charge is 0.413 e. The second-order valence-corrected chi connectivity index (χ2v) is 9.08. The van der Waals surface area contributed by atoms with Gasteiger partial charge in [-0.05, 0) is 37.0 Å². The second kappa shape index (κ2) is 9.49. The van der Waals surface area contributed by atoms with Gasteiger partial charge in [-0.25, -0.2) is 13.2 Å². The monoisotopic (exact) mass is 412 g/mol. The predicted octanol–water partition coefficient (Wildman–Crippen LogP) is 0.360. The van der Waals surface area contributed by atoms with Crippen molar-refractivity contribution in [2.45, 2.75) is 44.0 Å². The van der Waals surface area contributed by atoms with E-state index in [0.717, 1.165) is 16.9 Å². The summed E-state index contributed by atoms with van der Waals surface area (Å²) >= 11 is 0. The van der Waals surface area contributed by atoms with E-state index in [-0.39, 0.29) is 0 Å². The Morgan fingerprint density at radius 1 is 1.18 bits per heavy atom. The highest BCUT2D eigenvalue weighted by molar-refractivity contribution is 7.89. The maximum absolute atomic E-state index is 12.9. The normalized spacial score (nSPS) is 18.3. The number of sulfonamides is 1. The zero-order valence-corrected chi connectivity index (χ0v) is 17.7. The first-order chi connectivity index (χ1) is 13.2. The summed E-state index contributed by atoms with van der Waals surface area (Å²) in [5, 5.41) is 2.16. The average molecular weight is 413 g/mol. The number of benzene rings is 1. The van der Waals surface area contributed by atoms with Gasteiger partial charge in [0, 0.05) is 0 Å². The van der Waals surface area contributed by atoms with Crippen molar-refractivity contribution in [3.05, 3.63) is 29.8 Å². The molecule has 8 nitrogen and oxygen atoms in total. The molecule has 1 aliphatic heterocycles. The van der Waals surface area contributed by atoms with Crippen LogP contribution in [0.1, 0.15) is 38.7 Å². The number of alkyl carbamates (subject to hydrolysis) is 1. The zero-order chi connectivity index (χ0) is 20.9. The summed E-state index contributed by atoms with van der Waals surface area (Å²) in [6.45, 7) is 7.54. The Kier molecular flexibility index (Phi) is 7.56. The van der Waals surface area contributed by atoms with E-state index >= 15 is 0 Å². The molecule has 2 rings (SSSR count). The van der Waals surface area contributed by atoms with Crippen molar-refractivity contribution in [1.82, 2.24) is 9.62 Å². The lowest BCUT2D eigenvalue weighted by Crippen LogP contribution is -3.19. The van der Waals surface area contributed by atoms with Crippen molar-refractivity contribution in [2.24, 2.45) is 0 Å². The number of carbonyl (C=O) groups is 2. The quantitative estimate of drug-likeness (QED) is 0.703. The number of nitrogens with zero attached hydrogens (tertiary/aromatic N) is 1. The van der Waals surface area contributed by atoms with E-state index in [1.165, 1.54) is 11.4 Å². The Morgan fingerprint density at radius 3 is 2.25 bits per heavy atom. The first kappa shape index (κ1) is 22.3. The Morgan fingerprint density at radius 2 is 1.75 bits per heavy atom. The minimum atomic E-state index is -3.56. The fourth-order valence-corrected chi connectivity index (χ4v) is 4.69. The van der Waals surface area contributed by atoms with Gasteiger partial charge in [0.05, 0.1) is 38.2 Å². The van der Waals surface area contributed by atoms with Crippen LogP contribution in [0.3, 0.4) is 0 Å². The van der Waals surface area contributed by atoms with Gasteiger partial charge in [-0.3, -0.25) is 10.1 Å². The van der Waals surface area contributed by atoms with Crippen molar-refractivity contribution < 1.29 is 27.6 Å². The molecule has 0 saturated carbocycles. The van der Waals surface area contributed by atoms with Crippen LogP contribution >= 0.6 is 0 Å². The molecular weight excluding hydrogens is 382 g/mol. The zero-order valence-electron chi connectivity index (χ0n) is 16.9. The van der Waals surface area contributed by atoms with Crippen LogP contribution in [0.4, 0.5) is 4.79 Å². The van der Waals surface area contributed by atoms with E-state index in [1.807, 2.05) is 12.1 Å². The lowest BCUT2D eigenvalue weighted by atomic mass is 9.99. The molecule has 2 amide bonds. The third kappa shape index (κ3) is 5.09. The summed E-state index contributed by atoms with van der Waals surface area (Å²) in [7, 11) is -2.36. The third-order valence-electron chi connectivity index (χ3n) is 5.48. The first-order valence-corrected chi connectivity index (χ1v) is 11.0. The molecule has 1 aromatic carbocycles. The molecule has 1 aliphatic rings. The number of amides is 2. The van der Waals surface area contributed by atoms with E-state index < -0.39 is 28.1 Å². The van der Waals surface area contributed by atoms with Gasteiger partial charge in [0.1, 0.15) is 0 Å². The van der Waals surface area contributed by atoms with Gasteiger partial charge in [-0.1, -0.05) is 26.0 Å². The van der Waals surface area contributed by atoms with Gasteiger partial charge in [-0.2, -0.15) is 4.31 Å². The number of rotatable bonds is 6. The summed E-state index contributed by atoms with van der Waals surface area (Å²) < 4.78 is 31.7.